The van der Waals surface area contributed by atoms with Crippen LogP contribution >= 0.6 is 0 Å². The van der Waals surface area contributed by atoms with Crippen LogP contribution in [-0.2, 0) is 13.1 Å². The summed E-state index contributed by atoms with van der Waals surface area (Å²) in [5.74, 6) is -0.0608. The highest BCUT2D eigenvalue weighted by atomic mass is 16.1. The Bertz CT molecular complexity index is 1160. The van der Waals surface area contributed by atoms with E-state index in [-0.39, 0.29) is 11.7 Å². The number of hydrogen-bond acceptors (Lipinski definition) is 2. The molecule has 4 rings (SSSR count). The number of hydrogen-bond donors (Lipinski definition) is 3. The number of benzene rings is 3. The van der Waals surface area contributed by atoms with Crippen LogP contribution in [0, 0.1) is 5.41 Å². The van der Waals surface area contributed by atoms with E-state index in [4.69, 9.17) is 11.1 Å². The molecule has 29 heavy (non-hydrogen) atoms. The molecular weight excluding hydrogens is 360 g/mol. The summed E-state index contributed by atoms with van der Waals surface area (Å²) in [5.41, 5.74) is 9.96. The molecule has 1 aromatic heterocycles. The number of carbonyl (C=O) groups excluding carboxylic acids is 1. The Morgan fingerprint density at radius 2 is 1.59 bits per heavy atom. The molecule has 0 spiro atoms. The molecule has 0 radical (unpaired) electrons. The van der Waals surface area contributed by atoms with Crippen molar-refractivity contribution in [3.63, 3.8) is 0 Å². The number of carbonyl (C=O) groups is 1. The molecule has 5 heteroatoms. The molecule has 0 aliphatic heterocycles. The normalized spacial score (nSPS) is 10.8. The number of aromatic nitrogens is 1. The van der Waals surface area contributed by atoms with E-state index in [2.05, 4.69) is 5.32 Å². The van der Waals surface area contributed by atoms with Gasteiger partial charge in [0.1, 0.15) is 11.5 Å². The molecule has 4 N–H and O–H groups in total. The Labute approximate surface area is 169 Å². The Morgan fingerprint density at radius 3 is 2.31 bits per heavy atom. The summed E-state index contributed by atoms with van der Waals surface area (Å²) in [6.07, 6.45) is 0. The standard InChI is InChI=1S/C24H22N4O/c25-23(26)19-12-10-18(11-13-19)16-28-21-9-5-4-8-20(21)14-22(28)24(29)27-15-17-6-2-1-3-7-17/h1-14H,15-16H2,(H3,25,26)(H,27,29). The SMILES string of the molecule is N=C(N)c1ccc(Cn2c(C(=O)NCc3ccccc3)cc3ccccc32)cc1. The minimum atomic E-state index is -0.106. The smallest absolute Gasteiger partial charge is 0.268 e. The van der Waals surface area contributed by atoms with E-state index in [0.717, 1.165) is 22.0 Å². The van der Waals surface area contributed by atoms with Crippen molar-refractivity contribution in [2.45, 2.75) is 13.1 Å². The molecule has 0 fully saturated rings. The third-order valence-electron chi connectivity index (χ3n) is 4.94. The molecule has 0 bridgehead atoms. The van der Waals surface area contributed by atoms with Gasteiger partial charge in [-0.2, -0.15) is 0 Å². The molecule has 144 valence electrons. The summed E-state index contributed by atoms with van der Waals surface area (Å²) in [7, 11) is 0. The van der Waals surface area contributed by atoms with Crippen LogP contribution in [-0.4, -0.2) is 16.3 Å². The molecule has 1 amide bonds. The lowest BCUT2D eigenvalue weighted by Gasteiger charge is -2.12. The zero-order chi connectivity index (χ0) is 20.2. The highest BCUT2D eigenvalue weighted by Gasteiger charge is 2.15. The molecule has 0 saturated carbocycles. The fraction of sp³-hybridized carbons (Fsp3) is 0.0833. The van der Waals surface area contributed by atoms with Gasteiger partial charge in [0, 0.05) is 29.6 Å². The summed E-state index contributed by atoms with van der Waals surface area (Å²) in [5, 5.41) is 11.6. The van der Waals surface area contributed by atoms with Gasteiger partial charge in [-0.25, -0.2) is 0 Å². The molecule has 0 saturated heterocycles. The van der Waals surface area contributed by atoms with Crippen LogP contribution in [0.1, 0.15) is 27.2 Å². The summed E-state index contributed by atoms with van der Waals surface area (Å²) >= 11 is 0. The van der Waals surface area contributed by atoms with Gasteiger partial charge in [-0.05, 0) is 23.3 Å². The predicted molar refractivity (Wildman–Crippen MR) is 116 cm³/mol. The van der Waals surface area contributed by atoms with Crippen LogP contribution in [0.2, 0.25) is 0 Å². The van der Waals surface area contributed by atoms with Crippen molar-refractivity contribution < 1.29 is 4.79 Å². The van der Waals surface area contributed by atoms with Gasteiger partial charge in [0.2, 0.25) is 0 Å². The van der Waals surface area contributed by atoms with Crippen molar-refractivity contribution in [2.75, 3.05) is 0 Å². The number of nitrogens with two attached hydrogens (primary N) is 1. The van der Waals surface area contributed by atoms with Gasteiger partial charge in [0.05, 0.1) is 0 Å². The zero-order valence-corrected chi connectivity index (χ0v) is 15.9. The molecule has 4 aromatic rings. The number of amidine groups is 1. The van der Waals surface area contributed by atoms with E-state index in [1.54, 1.807) is 0 Å². The number of amides is 1. The van der Waals surface area contributed by atoms with Crippen molar-refractivity contribution in [3.8, 4) is 0 Å². The van der Waals surface area contributed by atoms with E-state index in [1.807, 2.05) is 89.5 Å². The van der Waals surface area contributed by atoms with E-state index < -0.39 is 0 Å². The van der Waals surface area contributed by atoms with Crippen LogP contribution in [0.15, 0.2) is 84.9 Å². The first-order valence-corrected chi connectivity index (χ1v) is 9.45. The minimum Gasteiger partial charge on any atom is -0.384 e. The first-order valence-electron chi connectivity index (χ1n) is 9.45. The number of nitrogens with zero attached hydrogens (tertiary/aromatic N) is 1. The van der Waals surface area contributed by atoms with Gasteiger partial charge in [-0.3, -0.25) is 10.2 Å². The van der Waals surface area contributed by atoms with E-state index in [0.29, 0.717) is 24.3 Å². The van der Waals surface area contributed by atoms with Crippen LogP contribution in [0.4, 0.5) is 0 Å². The molecule has 0 unspecified atom stereocenters. The lowest BCUT2D eigenvalue weighted by Crippen LogP contribution is -2.25. The van der Waals surface area contributed by atoms with Crippen molar-refractivity contribution in [1.29, 1.82) is 5.41 Å². The van der Waals surface area contributed by atoms with Crippen LogP contribution in [0.25, 0.3) is 10.9 Å². The number of nitrogens with one attached hydrogen (secondary N) is 2. The van der Waals surface area contributed by atoms with Gasteiger partial charge >= 0.3 is 0 Å². The van der Waals surface area contributed by atoms with Crippen LogP contribution in [0.5, 0.6) is 0 Å². The van der Waals surface area contributed by atoms with E-state index >= 15 is 0 Å². The topological polar surface area (TPSA) is 83.9 Å². The van der Waals surface area contributed by atoms with Gasteiger partial charge in [0.25, 0.3) is 5.91 Å². The predicted octanol–water partition coefficient (Wildman–Crippen LogP) is 3.90. The highest BCUT2D eigenvalue weighted by Crippen LogP contribution is 2.22. The first-order chi connectivity index (χ1) is 14.1. The maximum atomic E-state index is 13.0. The van der Waals surface area contributed by atoms with Crippen molar-refractivity contribution in [1.82, 2.24) is 9.88 Å². The fourth-order valence-corrected chi connectivity index (χ4v) is 3.41. The second-order valence-electron chi connectivity index (χ2n) is 6.95. The lowest BCUT2D eigenvalue weighted by molar-refractivity contribution is 0.0942. The Kier molecular flexibility index (Phi) is 5.12. The van der Waals surface area contributed by atoms with Gasteiger partial charge in [-0.1, -0.05) is 72.8 Å². The minimum absolute atomic E-state index is 0.0453. The summed E-state index contributed by atoms with van der Waals surface area (Å²) in [6.45, 7) is 1.04. The van der Waals surface area contributed by atoms with Crippen molar-refractivity contribution in [3.05, 3.63) is 107 Å². The maximum Gasteiger partial charge on any atom is 0.268 e. The zero-order valence-electron chi connectivity index (χ0n) is 15.9. The Hall–Kier alpha value is -3.86. The average molecular weight is 382 g/mol. The third-order valence-corrected chi connectivity index (χ3v) is 4.94. The quantitative estimate of drug-likeness (QED) is 0.349. The fourth-order valence-electron chi connectivity index (χ4n) is 3.41. The highest BCUT2D eigenvalue weighted by molar-refractivity contribution is 5.99. The van der Waals surface area contributed by atoms with E-state index in [9.17, 15) is 4.79 Å². The maximum absolute atomic E-state index is 13.0. The summed E-state index contributed by atoms with van der Waals surface area (Å²) < 4.78 is 2.03. The van der Waals surface area contributed by atoms with Gasteiger partial charge in [-0.15, -0.1) is 0 Å². The summed E-state index contributed by atoms with van der Waals surface area (Å²) in [6, 6.07) is 27.3. The Morgan fingerprint density at radius 1 is 0.897 bits per heavy atom. The lowest BCUT2D eigenvalue weighted by atomic mass is 10.1. The Balaban J connectivity index is 1.63. The number of fused-ring (bicyclic) bond motifs is 1. The third kappa shape index (κ3) is 4.04. The second-order valence-corrected chi connectivity index (χ2v) is 6.95. The number of para-hydroxylation sites is 1. The molecule has 1 heterocycles. The van der Waals surface area contributed by atoms with Crippen molar-refractivity contribution >= 4 is 22.6 Å². The van der Waals surface area contributed by atoms with Gasteiger partial charge in [0.15, 0.2) is 0 Å². The number of rotatable bonds is 6. The number of nitrogen functional groups attached to an aromatic ring is 1. The second kappa shape index (κ2) is 8.02. The van der Waals surface area contributed by atoms with Crippen molar-refractivity contribution in [2.24, 2.45) is 5.73 Å². The van der Waals surface area contributed by atoms with Gasteiger partial charge < -0.3 is 15.6 Å². The average Bonchev–Trinajstić information content (AvgIpc) is 3.12. The summed E-state index contributed by atoms with van der Waals surface area (Å²) in [4.78, 5) is 13.0. The molecular formula is C24H22N4O. The van der Waals surface area contributed by atoms with E-state index in [1.165, 1.54) is 0 Å². The van der Waals surface area contributed by atoms with Crippen LogP contribution in [0.3, 0.4) is 0 Å². The molecule has 5 nitrogen and oxygen atoms in total. The molecule has 0 atom stereocenters. The molecule has 0 aliphatic rings. The first kappa shape index (κ1) is 18.5. The van der Waals surface area contributed by atoms with Crippen LogP contribution < -0.4 is 11.1 Å². The monoisotopic (exact) mass is 382 g/mol. The molecule has 3 aromatic carbocycles. The largest absolute Gasteiger partial charge is 0.384 e. The molecule has 0 aliphatic carbocycles.